The van der Waals surface area contributed by atoms with Gasteiger partial charge in [0.2, 0.25) is 0 Å². The number of hydrogen-bond acceptors (Lipinski definition) is 5. The molecule has 0 aliphatic carbocycles. The highest BCUT2D eigenvalue weighted by Crippen LogP contribution is 2.24. The highest BCUT2D eigenvalue weighted by atomic mass is 16.5. The van der Waals surface area contributed by atoms with Crippen molar-refractivity contribution in [2.24, 2.45) is 0 Å². The molecule has 1 unspecified atom stereocenters. The van der Waals surface area contributed by atoms with Crippen molar-refractivity contribution in [2.75, 3.05) is 19.0 Å². The molecule has 0 bridgehead atoms. The van der Waals surface area contributed by atoms with Gasteiger partial charge in [0.05, 0.1) is 18.8 Å². The molecule has 2 aromatic rings. The summed E-state index contributed by atoms with van der Waals surface area (Å²) in [7, 11) is 1.66. The van der Waals surface area contributed by atoms with Gasteiger partial charge in [-0.3, -0.25) is 0 Å². The zero-order valence-corrected chi connectivity index (χ0v) is 11.7. The summed E-state index contributed by atoms with van der Waals surface area (Å²) in [4.78, 5) is 8.92. The summed E-state index contributed by atoms with van der Waals surface area (Å²) in [5.74, 6) is 2.45. The lowest BCUT2D eigenvalue weighted by Crippen LogP contribution is -2.35. The highest BCUT2D eigenvalue weighted by Gasteiger charge is 2.20. The maximum Gasteiger partial charge on any atom is 0.134 e. The summed E-state index contributed by atoms with van der Waals surface area (Å²) in [5.41, 5.74) is 2.04. The number of nitrogens with one attached hydrogen (secondary N) is 2. The number of methoxy groups -OCH3 is 1. The minimum atomic E-state index is 0.369. The first-order valence-corrected chi connectivity index (χ1v) is 6.74. The molecule has 5 nitrogen and oxygen atoms in total. The fraction of sp³-hybridized carbons (Fsp3) is 0.333. The zero-order valence-electron chi connectivity index (χ0n) is 11.7. The molecule has 1 aromatic carbocycles. The van der Waals surface area contributed by atoms with E-state index in [2.05, 4.69) is 20.6 Å². The molecule has 2 N–H and O–H groups in total. The van der Waals surface area contributed by atoms with Crippen LogP contribution in [0.2, 0.25) is 0 Å². The molecule has 1 aliphatic heterocycles. The van der Waals surface area contributed by atoms with E-state index in [4.69, 9.17) is 4.74 Å². The maximum atomic E-state index is 5.15. The molecule has 0 saturated carbocycles. The molecule has 104 valence electrons. The van der Waals surface area contributed by atoms with Gasteiger partial charge in [-0.05, 0) is 44.2 Å². The number of aromatic nitrogens is 2. The Bertz CT molecular complexity index is 593. The second-order valence-electron chi connectivity index (χ2n) is 4.87. The van der Waals surface area contributed by atoms with Crippen LogP contribution in [0.25, 0.3) is 0 Å². The predicted octanol–water partition coefficient (Wildman–Crippen LogP) is 2.57. The van der Waals surface area contributed by atoms with E-state index < -0.39 is 0 Å². The van der Waals surface area contributed by atoms with E-state index in [0.717, 1.165) is 41.7 Å². The molecule has 1 aromatic heterocycles. The molecular weight excluding hydrogens is 252 g/mol. The van der Waals surface area contributed by atoms with Gasteiger partial charge in [0.25, 0.3) is 0 Å². The Hall–Kier alpha value is -2.14. The molecule has 3 rings (SSSR count). The van der Waals surface area contributed by atoms with E-state index in [1.807, 2.05) is 37.3 Å². The van der Waals surface area contributed by atoms with Crippen molar-refractivity contribution in [3.8, 4) is 5.75 Å². The smallest absolute Gasteiger partial charge is 0.134 e. The Morgan fingerprint density at radius 3 is 2.60 bits per heavy atom. The lowest BCUT2D eigenvalue weighted by molar-refractivity contribution is 0.374. The maximum absolute atomic E-state index is 5.15. The summed E-state index contributed by atoms with van der Waals surface area (Å²) in [6, 6.07) is 10.2. The molecule has 20 heavy (non-hydrogen) atoms. The Balaban J connectivity index is 1.80. The van der Waals surface area contributed by atoms with Crippen molar-refractivity contribution in [2.45, 2.75) is 19.4 Å². The van der Waals surface area contributed by atoms with Crippen LogP contribution < -0.4 is 15.4 Å². The van der Waals surface area contributed by atoms with Crippen LogP contribution in [-0.4, -0.2) is 23.6 Å². The summed E-state index contributed by atoms with van der Waals surface area (Å²) >= 11 is 0. The minimum absolute atomic E-state index is 0.369. The van der Waals surface area contributed by atoms with Gasteiger partial charge in [-0.25, -0.2) is 9.97 Å². The summed E-state index contributed by atoms with van der Waals surface area (Å²) < 4.78 is 5.15. The lowest BCUT2D eigenvalue weighted by Gasteiger charge is -2.27. The first-order chi connectivity index (χ1) is 9.74. The molecule has 0 amide bonds. The summed E-state index contributed by atoms with van der Waals surface area (Å²) in [5, 5.41) is 6.67. The number of ether oxygens (including phenoxy) is 1. The van der Waals surface area contributed by atoms with Crippen molar-refractivity contribution in [3.63, 3.8) is 0 Å². The molecule has 2 heterocycles. The summed E-state index contributed by atoms with van der Waals surface area (Å²) in [6.07, 6.45) is 1.14. The van der Waals surface area contributed by atoms with Gasteiger partial charge in [-0.15, -0.1) is 0 Å². The van der Waals surface area contributed by atoms with E-state index in [9.17, 15) is 0 Å². The van der Waals surface area contributed by atoms with Crippen LogP contribution in [0, 0.1) is 6.92 Å². The molecule has 0 spiro atoms. The fourth-order valence-electron chi connectivity index (χ4n) is 2.20. The standard InChI is InChI=1S/C15H18N4O/c1-10-17-14(13-7-8-16-13)9-15(18-10)19-11-3-5-12(20-2)6-4-11/h3-6,9,13,16H,7-8H2,1-2H3,(H,17,18,19). The van der Waals surface area contributed by atoms with Crippen LogP contribution in [0.15, 0.2) is 30.3 Å². The van der Waals surface area contributed by atoms with Crippen LogP contribution >= 0.6 is 0 Å². The minimum Gasteiger partial charge on any atom is -0.497 e. The number of benzene rings is 1. The average Bonchev–Trinajstić information content (AvgIpc) is 2.37. The van der Waals surface area contributed by atoms with Crippen molar-refractivity contribution in [1.29, 1.82) is 0 Å². The van der Waals surface area contributed by atoms with Gasteiger partial charge < -0.3 is 15.4 Å². The van der Waals surface area contributed by atoms with Crippen LogP contribution in [0.1, 0.15) is 24.0 Å². The van der Waals surface area contributed by atoms with Gasteiger partial charge in [0.15, 0.2) is 0 Å². The predicted molar refractivity (Wildman–Crippen MR) is 78.4 cm³/mol. The van der Waals surface area contributed by atoms with Crippen LogP contribution in [-0.2, 0) is 0 Å². The Kier molecular flexibility index (Phi) is 3.52. The van der Waals surface area contributed by atoms with Gasteiger partial charge in [-0.1, -0.05) is 0 Å². The van der Waals surface area contributed by atoms with Crippen LogP contribution in [0.4, 0.5) is 11.5 Å². The number of rotatable bonds is 4. The molecule has 1 atom stereocenters. The van der Waals surface area contributed by atoms with E-state index in [1.165, 1.54) is 0 Å². The number of aryl methyl sites for hydroxylation is 1. The van der Waals surface area contributed by atoms with Crippen molar-refractivity contribution in [3.05, 3.63) is 41.9 Å². The van der Waals surface area contributed by atoms with Crippen molar-refractivity contribution >= 4 is 11.5 Å². The lowest BCUT2D eigenvalue weighted by atomic mass is 10.0. The topological polar surface area (TPSA) is 59.1 Å². The van der Waals surface area contributed by atoms with Gasteiger partial charge in [0.1, 0.15) is 17.4 Å². The van der Waals surface area contributed by atoms with Gasteiger partial charge >= 0.3 is 0 Å². The SMILES string of the molecule is COc1ccc(Nc2cc(C3CCN3)nc(C)n2)cc1. The second kappa shape index (κ2) is 5.46. The number of nitrogens with zero attached hydrogens (tertiary/aromatic N) is 2. The third-order valence-corrected chi connectivity index (χ3v) is 3.40. The Morgan fingerprint density at radius 2 is 2.00 bits per heavy atom. The zero-order chi connectivity index (χ0) is 13.9. The van der Waals surface area contributed by atoms with E-state index >= 15 is 0 Å². The van der Waals surface area contributed by atoms with Crippen molar-refractivity contribution in [1.82, 2.24) is 15.3 Å². The second-order valence-corrected chi connectivity index (χ2v) is 4.87. The van der Waals surface area contributed by atoms with E-state index in [0.29, 0.717) is 6.04 Å². The molecule has 1 aliphatic rings. The third-order valence-electron chi connectivity index (χ3n) is 3.40. The monoisotopic (exact) mass is 270 g/mol. The average molecular weight is 270 g/mol. The van der Waals surface area contributed by atoms with Gasteiger partial charge in [-0.2, -0.15) is 0 Å². The largest absolute Gasteiger partial charge is 0.497 e. The first kappa shape index (κ1) is 12.9. The van der Waals surface area contributed by atoms with Crippen LogP contribution in [0.3, 0.4) is 0 Å². The van der Waals surface area contributed by atoms with E-state index in [-0.39, 0.29) is 0 Å². The normalized spacial score (nSPS) is 17.4. The first-order valence-electron chi connectivity index (χ1n) is 6.74. The van der Waals surface area contributed by atoms with Crippen LogP contribution in [0.5, 0.6) is 5.75 Å². The molecule has 1 fully saturated rings. The van der Waals surface area contributed by atoms with E-state index in [1.54, 1.807) is 7.11 Å². The quantitative estimate of drug-likeness (QED) is 0.894. The molecule has 5 heteroatoms. The van der Waals surface area contributed by atoms with Gasteiger partial charge in [0, 0.05) is 11.8 Å². The molecule has 0 radical (unpaired) electrons. The summed E-state index contributed by atoms with van der Waals surface area (Å²) in [6.45, 7) is 2.98. The van der Waals surface area contributed by atoms with Crippen molar-refractivity contribution < 1.29 is 4.74 Å². The fourth-order valence-corrected chi connectivity index (χ4v) is 2.20. The third kappa shape index (κ3) is 2.72. The number of hydrogen-bond donors (Lipinski definition) is 2. The molecular formula is C15H18N4O. The Morgan fingerprint density at radius 1 is 1.25 bits per heavy atom. The number of anilines is 2. The Labute approximate surface area is 118 Å². The molecule has 1 saturated heterocycles. The highest BCUT2D eigenvalue weighted by molar-refractivity contribution is 5.57.